The van der Waals surface area contributed by atoms with Crippen molar-refractivity contribution in [2.45, 2.75) is 12.8 Å². The molecule has 0 aliphatic rings. The third-order valence-electron chi connectivity index (χ3n) is 3.23. The van der Waals surface area contributed by atoms with Crippen LogP contribution in [0.3, 0.4) is 0 Å². The Labute approximate surface area is 119 Å². The van der Waals surface area contributed by atoms with Crippen LogP contribution in [0.4, 0.5) is 0 Å². The van der Waals surface area contributed by atoms with Crippen LogP contribution in [-0.4, -0.2) is 18.6 Å². The summed E-state index contributed by atoms with van der Waals surface area (Å²) in [5.41, 5.74) is 2.54. The van der Waals surface area contributed by atoms with Crippen molar-refractivity contribution < 1.29 is 0 Å². The van der Waals surface area contributed by atoms with Crippen LogP contribution in [0.15, 0.2) is 48.8 Å². The minimum absolute atomic E-state index is 0.535. The molecule has 0 aliphatic carbocycles. The van der Waals surface area contributed by atoms with E-state index in [-0.39, 0.29) is 0 Å². The Bertz CT molecular complexity index is 499. The van der Waals surface area contributed by atoms with Gasteiger partial charge in [0.15, 0.2) is 0 Å². The molecule has 0 saturated heterocycles. The van der Waals surface area contributed by atoms with Gasteiger partial charge in [-0.15, -0.1) is 0 Å². The molecule has 0 spiro atoms. The highest BCUT2D eigenvalue weighted by Gasteiger charge is 2.12. The topological polar surface area (TPSA) is 24.9 Å². The molecule has 1 heterocycles. The average molecular weight is 275 g/mol. The summed E-state index contributed by atoms with van der Waals surface area (Å²) in [6.07, 6.45) is 5.55. The normalized spacial score (nSPS) is 12.3. The molecule has 0 aliphatic heterocycles. The lowest BCUT2D eigenvalue weighted by Gasteiger charge is -2.17. The molecule has 1 N–H and O–H groups in total. The number of nitrogens with zero attached hydrogens (tertiary/aromatic N) is 1. The van der Waals surface area contributed by atoms with Gasteiger partial charge in [0.25, 0.3) is 0 Å². The van der Waals surface area contributed by atoms with Gasteiger partial charge in [-0.2, -0.15) is 0 Å². The SMILES string of the molecule is CNCC(Cc1ccccc1)Cc1ccncc1Cl. The van der Waals surface area contributed by atoms with Crippen molar-refractivity contribution in [2.75, 3.05) is 13.6 Å². The third kappa shape index (κ3) is 4.34. The number of hydrogen-bond acceptors (Lipinski definition) is 2. The molecule has 1 aromatic carbocycles. The van der Waals surface area contributed by atoms with Crippen molar-refractivity contribution in [3.8, 4) is 0 Å². The fraction of sp³-hybridized carbons (Fsp3) is 0.312. The van der Waals surface area contributed by atoms with Gasteiger partial charge in [-0.3, -0.25) is 4.98 Å². The molecule has 1 aromatic heterocycles. The lowest BCUT2D eigenvalue weighted by atomic mass is 9.93. The van der Waals surface area contributed by atoms with Crippen LogP contribution in [0.5, 0.6) is 0 Å². The molecular weight excluding hydrogens is 256 g/mol. The summed E-state index contributed by atoms with van der Waals surface area (Å²) in [6, 6.07) is 12.6. The molecular formula is C16H19ClN2. The number of pyridine rings is 1. The van der Waals surface area contributed by atoms with Crippen LogP contribution in [0, 0.1) is 5.92 Å². The van der Waals surface area contributed by atoms with Gasteiger partial charge in [-0.25, -0.2) is 0 Å². The Morgan fingerprint density at radius 3 is 2.63 bits per heavy atom. The Balaban J connectivity index is 2.06. The second kappa shape index (κ2) is 7.27. The Hall–Kier alpha value is -1.38. The summed E-state index contributed by atoms with van der Waals surface area (Å²) >= 11 is 6.19. The zero-order chi connectivity index (χ0) is 13.5. The van der Waals surface area contributed by atoms with Crippen molar-refractivity contribution in [3.05, 3.63) is 64.9 Å². The van der Waals surface area contributed by atoms with Crippen LogP contribution < -0.4 is 5.32 Å². The van der Waals surface area contributed by atoms with Gasteiger partial charge in [-0.1, -0.05) is 41.9 Å². The van der Waals surface area contributed by atoms with Gasteiger partial charge >= 0.3 is 0 Å². The van der Waals surface area contributed by atoms with E-state index in [1.54, 1.807) is 12.4 Å². The van der Waals surface area contributed by atoms with Gasteiger partial charge in [0.05, 0.1) is 5.02 Å². The van der Waals surface area contributed by atoms with Crippen molar-refractivity contribution in [3.63, 3.8) is 0 Å². The highest BCUT2D eigenvalue weighted by Crippen LogP contribution is 2.20. The van der Waals surface area contributed by atoms with Gasteiger partial charge in [0.1, 0.15) is 0 Å². The summed E-state index contributed by atoms with van der Waals surface area (Å²) in [5, 5.41) is 4.03. The van der Waals surface area contributed by atoms with Crippen molar-refractivity contribution in [1.29, 1.82) is 0 Å². The summed E-state index contributed by atoms with van der Waals surface area (Å²) < 4.78 is 0. The summed E-state index contributed by atoms with van der Waals surface area (Å²) in [5.74, 6) is 0.535. The maximum absolute atomic E-state index is 6.19. The first-order valence-electron chi connectivity index (χ1n) is 6.56. The fourth-order valence-electron chi connectivity index (χ4n) is 2.33. The van der Waals surface area contributed by atoms with E-state index in [0.717, 1.165) is 24.4 Å². The van der Waals surface area contributed by atoms with E-state index in [1.165, 1.54) is 11.1 Å². The zero-order valence-electron chi connectivity index (χ0n) is 11.1. The lowest BCUT2D eigenvalue weighted by molar-refractivity contribution is 0.493. The van der Waals surface area contributed by atoms with E-state index < -0.39 is 0 Å². The van der Waals surface area contributed by atoms with Crippen LogP contribution in [0.1, 0.15) is 11.1 Å². The monoisotopic (exact) mass is 274 g/mol. The van der Waals surface area contributed by atoms with Gasteiger partial charge in [0.2, 0.25) is 0 Å². The Kier molecular flexibility index (Phi) is 5.37. The minimum Gasteiger partial charge on any atom is -0.319 e. The molecule has 19 heavy (non-hydrogen) atoms. The molecule has 0 radical (unpaired) electrons. The van der Waals surface area contributed by atoms with E-state index in [0.29, 0.717) is 5.92 Å². The van der Waals surface area contributed by atoms with Crippen LogP contribution in [0.2, 0.25) is 5.02 Å². The van der Waals surface area contributed by atoms with E-state index in [1.807, 2.05) is 13.1 Å². The largest absolute Gasteiger partial charge is 0.319 e. The first-order valence-corrected chi connectivity index (χ1v) is 6.94. The van der Waals surface area contributed by atoms with Crippen LogP contribution >= 0.6 is 11.6 Å². The number of hydrogen-bond donors (Lipinski definition) is 1. The number of halogens is 1. The van der Waals surface area contributed by atoms with Gasteiger partial charge < -0.3 is 5.32 Å². The molecule has 0 fully saturated rings. The summed E-state index contributed by atoms with van der Waals surface area (Å²) in [7, 11) is 1.99. The smallest absolute Gasteiger partial charge is 0.0621 e. The standard InChI is InChI=1S/C16H19ClN2/c1-18-11-14(9-13-5-3-2-4-6-13)10-15-7-8-19-12-16(15)17/h2-8,12,14,18H,9-11H2,1H3. The van der Waals surface area contributed by atoms with Gasteiger partial charge in [0, 0.05) is 12.4 Å². The van der Waals surface area contributed by atoms with Gasteiger partial charge in [-0.05, 0) is 49.5 Å². The van der Waals surface area contributed by atoms with E-state index in [9.17, 15) is 0 Å². The molecule has 2 rings (SSSR count). The van der Waals surface area contributed by atoms with Crippen molar-refractivity contribution in [1.82, 2.24) is 10.3 Å². The number of benzene rings is 1. The first kappa shape index (κ1) is 14.0. The van der Waals surface area contributed by atoms with Crippen LogP contribution in [-0.2, 0) is 12.8 Å². The van der Waals surface area contributed by atoms with Crippen molar-refractivity contribution >= 4 is 11.6 Å². The Morgan fingerprint density at radius 2 is 1.95 bits per heavy atom. The molecule has 100 valence electrons. The predicted octanol–water partition coefficient (Wildman–Crippen LogP) is 3.36. The quantitative estimate of drug-likeness (QED) is 0.874. The minimum atomic E-state index is 0.535. The second-order valence-electron chi connectivity index (χ2n) is 4.78. The van der Waals surface area contributed by atoms with Crippen LogP contribution in [0.25, 0.3) is 0 Å². The summed E-state index contributed by atoms with van der Waals surface area (Å²) in [6.45, 7) is 0.980. The molecule has 2 nitrogen and oxygen atoms in total. The first-order chi connectivity index (χ1) is 9.29. The molecule has 3 heteroatoms. The average Bonchev–Trinajstić information content (AvgIpc) is 2.43. The maximum atomic E-state index is 6.19. The molecule has 0 bridgehead atoms. The van der Waals surface area contributed by atoms with E-state index in [4.69, 9.17) is 11.6 Å². The number of aromatic nitrogens is 1. The zero-order valence-corrected chi connectivity index (χ0v) is 11.9. The number of rotatable bonds is 6. The highest BCUT2D eigenvalue weighted by molar-refractivity contribution is 6.31. The molecule has 1 unspecified atom stereocenters. The lowest BCUT2D eigenvalue weighted by Crippen LogP contribution is -2.23. The van der Waals surface area contributed by atoms with Crippen molar-refractivity contribution in [2.24, 2.45) is 5.92 Å². The molecule has 1 atom stereocenters. The predicted molar refractivity (Wildman–Crippen MR) is 80.5 cm³/mol. The third-order valence-corrected chi connectivity index (χ3v) is 3.57. The fourth-order valence-corrected chi connectivity index (χ4v) is 2.53. The number of nitrogens with one attached hydrogen (secondary N) is 1. The second-order valence-corrected chi connectivity index (χ2v) is 5.19. The highest BCUT2D eigenvalue weighted by atomic mass is 35.5. The maximum Gasteiger partial charge on any atom is 0.0621 e. The van der Waals surface area contributed by atoms with E-state index >= 15 is 0 Å². The summed E-state index contributed by atoms with van der Waals surface area (Å²) in [4.78, 5) is 4.03. The Morgan fingerprint density at radius 1 is 1.16 bits per heavy atom. The molecule has 2 aromatic rings. The molecule has 0 amide bonds. The molecule has 0 saturated carbocycles. The van der Waals surface area contributed by atoms with E-state index in [2.05, 4.69) is 40.6 Å².